The number of aliphatic hydroxyl groups excluding tert-OH is 1. The van der Waals surface area contributed by atoms with Crippen LogP contribution in [-0.4, -0.2) is 62.0 Å². The van der Waals surface area contributed by atoms with Gasteiger partial charge < -0.3 is 24.1 Å². The molecule has 0 unspecified atom stereocenters. The van der Waals surface area contributed by atoms with E-state index in [1.807, 2.05) is 50.3 Å². The number of aliphatic hydroxyl groups is 1. The number of ether oxygens (including phenoxy) is 4. The Morgan fingerprint density at radius 2 is 1.05 bits per heavy atom. The number of hydrogen-bond acceptors (Lipinski definition) is 9. The fourth-order valence-corrected chi connectivity index (χ4v) is 2.15. The van der Waals surface area contributed by atoms with Crippen molar-refractivity contribution in [2.24, 2.45) is 0 Å². The summed E-state index contributed by atoms with van der Waals surface area (Å²) in [5, 5.41) is 8.19. The van der Waals surface area contributed by atoms with Gasteiger partial charge in [0.15, 0.2) is 0 Å². The van der Waals surface area contributed by atoms with E-state index in [4.69, 9.17) is 19.3 Å². The van der Waals surface area contributed by atoms with Gasteiger partial charge in [-0.15, -0.1) is 0 Å². The van der Waals surface area contributed by atoms with Crippen molar-refractivity contribution in [1.29, 1.82) is 0 Å². The highest BCUT2D eigenvalue weighted by molar-refractivity contribution is 5.91. The Hall–Kier alpha value is -3.98. The topological polar surface area (TPSA) is 125 Å². The number of carbonyl (C=O) groups is 4. The summed E-state index contributed by atoms with van der Waals surface area (Å²) in [5.74, 6) is -1.74. The van der Waals surface area contributed by atoms with Crippen molar-refractivity contribution in [2.45, 2.75) is 73.1 Å². The van der Waals surface area contributed by atoms with Crippen LogP contribution in [0.15, 0.2) is 73.4 Å². The van der Waals surface area contributed by atoms with Gasteiger partial charge >= 0.3 is 23.9 Å². The minimum atomic E-state index is -0.499. The number of rotatable bonds is 16. The molecule has 0 fully saturated rings. The lowest BCUT2D eigenvalue weighted by Gasteiger charge is -2.01. The standard InChI is InChI=1S/C12H20O4.C8H14O2.C8H8.C6H10O3/c1-3-5-9-15-11(13)7-8-12(14)16-10-6-4-2;1-4-5-6-10-8(9)7(2)3;1-2-8-6-4-3-5-7-8;1-5(2)6(8)9-4-3-7/h7-8H,3-6,9-10H2,1-2H3;2,4-6H2,1,3H3;2-7H,1H2;7H,1,3-4H2,2H3/b8-7+;;;. The zero-order valence-corrected chi connectivity index (χ0v) is 26.7. The Morgan fingerprint density at radius 1 is 0.674 bits per heavy atom. The normalized spacial score (nSPS) is 9.35. The molecule has 1 aromatic carbocycles. The minimum absolute atomic E-state index is 0.0473. The molecule has 1 N–H and O–H groups in total. The van der Waals surface area contributed by atoms with Crippen molar-refractivity contribution in [3.8, 4) is 0 Å². The fraction of sp³-hybridized carbons (Fsp3) is 0.471. The molecule has 1 rings (SSSR count). The summed E-state index contributed by atoms with van der Waals surface area (Å²) >= 11 is 0. The maximum Gasteiger partial charge on any atom is 0.333 e. The highest BCUT2D eigenvalue weighted by atomic mass is 16.5. The molecule has 0 amide bonds. The molecule has 0 aliphatic rings. The molecule has 43 heavy (non-hydrogen) atoms. The lowest BCUT2D eigenvalue weighted by molar-refractivity contribution is -0.140. The number of carbonyl (C=O) groups excluding carboxylic acids is 4. The van der Waals surface area contributed by atoms with Gasteiger partial charge in [0.05, 0.1) is 26.4 Å². The van der Waals surface area contributed by atoms with Crippen molar-refractivity contribution in [1.82, 2.24) is 0 Å². The Labute approximate surface area is 258 Å². The lowest BCUT2D eigenvalue weighted by atomic mass is 10.2. The maximum absolute atomic E-state index is 11.0. The van der Waals surface area contributed by atoms with E-state index in [1.54, 1.807) is 13.8 Å². The summed E-state index contributed by atoms with van der Waals surface area (Å²) in [5.41, 5.74) is 1.99. The molecule has 0 spiro atoms. The number of esters is 4. The molecule has 9 nitrogen and oxygen atoms in total. The molecule has 0 aliphatic heterocycles. The SMILES string of the molecule is C=C(C)C(=O)OCCCC.C=C(C)C(=O)OCCO.C=Cc1ccccc1.CCCCOC(=O)/C=C/C(=O)OCCCC. The van der Waals surface area contributed by atoms with Gasteiger partial charge in [-0.2, -0.15) is 0 Å². The third-order valence-electron chi connectivity index (χ3n) is 4.63. The van der Waals surface area contributed by atoms with Crippen LogP contribution in [0.4, 0.5) is 0 Å². The molecule has 1 aromatic rings. The largest absolute Gasteiger partial charge is 0.463 e. The van der Waals surface area contributed by atoms with Gasteiger partial charge in [-0.05, 0) is 38.7 Å². The van der Waals surface area contributed by atoms with Crippen LogP contribution in [0.5, 0.6) is 0 Å². The second-order valence-corrected chi connectivity index (χ2v) is 8.90. The number of unbranched alkanes of at least 4 members (excludes halogenated alkanes) is 3. The minimum Gasteiger partial charge on any atom is -0.463 e. The molecular weight excluding hydrogens is 552 g/mol. The Kier molecular flexibility index (Phi) is 32.9. The van der Waals surface area contributed by atoms with Crippen LogP contribution in [0.3, 0.4) is 0 Å². The highest BCUT2D eigenvalue weighted by Crippen LogP contribution is 1.98. The van der Waals surface area contributed by atoms with Crippen molar-refractivity contribution in [3.05, 3.63) is 78.9 Å². The molecule has 9 heteroatoms. The zero-order chi connectivity index (χ0) is 33.3. The summed E-state index contributed by atoms with van der Waals surface area (Å²) in [6, 6.07) is 10.0. The first-order valence-electron chi connectivity index (χ1n) is 14.5. The molecule has 0 aliphatic carbocycles. The Bertz CT molecular complexity index is 926. The quantitative estimate of drug-likeness (QED) is 0.0966. The predicted molar refractivity (Wildman–Crippen MR) is 171 cm³/mol. The van der Waals surface area contributed by atoms with Gasteiger partial charge in [0.1, 0.15) is 6.61 Å². The predicted octanol–water partition coefficient (Wildman–Crippen LogP) is 6.56. The van der Waals surface area contributed by atoms with E-state index in [2.05, 4.69) is 31.4 Å². The third kappa shape index (κ3) is 34.1. The summed E-state index contributed by atoms with van der Waals surface area (Å²) in [4.78, 5) is 43.2. The fourth-order valence-electron chi connectivity index (χ4n) is 2.15. The van der Waals surface area contributed by atoms with Crippen molar-refractivity contribution in [2.75, 3.05) is 33.0 Å². The average molecular weight is 605 g/mol. The molecule has 242 valence electrons. The van der Waals surface area contributed by atoms with Gasteiger partial charge in [-0.3, -0.25) is 0 Å². The van der Waals surface area contributed by atoms with Crippen molar-refractivity contribution in [3.63, 3.8) is 0 Å². The average Bonchev–Trinajstić information content (AvgIpc) is 3.00. The van der Waals surface area contributed by atoms with Gasteiger partial charge in [-0.25, -0.2) is 19.2 Å². The molecular formula is C34H52O9. The smallest absolute Gasteiger partial charge is 0.333 e. The first kappa shape index (κ1) is 43.5. The molecule has 0 saturated heterocycles. The van der Waals surface area contributed by atoms with Gasteiger partial charge in [0.25, 0.3) is 0 Å². The summed E-state index contributed by atoms with van der Waals surface area (Å²) < 4.78 is 18.9. The lowest BCUT2D eigenvalue weighted by Crippen LogP contribution is -2.08. The van der Waals surface area contributed by atoms with Gasteiger partial charge in [0.2, 0.25) is 0 Å². The first-order chi connectivity index (χ1) is 20.5. The molecule has 0 bridgehead atoms. The third-order valence-corrected chi connectivity index (χ3v) is 4.63. The highest BCUT2D eigenvalue weighted by Gasteiger charge is 2.01. The van der Waals surface area contributed by atoms with Crippen LogP contribution in [0, 0.1) is 0 Å². The number of benzene rings is 1. The maximum atomic E-state index is 11.0. The number of hydrogen-bond donors (Lipinski definition) is 1. The molecule has 0 heterocycles. The van der Waals surface area contributed by atoms with Crippen molar-refractivity contribution >= 4 is 30.0 Å². The van der Waals surface area contributed by atoms with Crippen LogP contribution in [-0.2, 0) is 38.1 Å². The van der Waals surface area contributed by atoms with E-state index in [9.17, 15) is 19.2 Å². The van der Waals surface area contributed by atoms with Crippen LogP contribution in [0.1, 0.15) is 78.7 Å². The van der Waals surface area contributed by atoms with Crippen LogP contribution in [0.25, 0.3) is 6.08 Å². The molecule has 0 atom stereocenters. The summed E-state index contributed by atoms with van der Waals surface area (Å²) in [6.07, 6.45) is 9.61. The van der Waals surface area contributed by atoms with Gasteiger partial charge in [-0.1, -0.05) is 96.2 Å². The van der Waals surface area contributed by atoms with E-state index in [0.29, 0.717) is 31.0 Å². The second-order valence-electron chi connectivity index (χ2n) is 8.90. The van der Waals surface area contributed by atoms with E-state index in [0.717, 1.165) is 50.7 Å². The Morgan fingerprint density at radius 3 is 1.35 bits per heavy atom. The summed E-state index contributed by atoms with van der Waals surface area (Å²) in [6.45, 7) is 20.9. The summed E-state index contributed by atoms with van der Waals surface area (Å²) in [7, 11) is 0. The van der Waals surface area contributed by atoms with Crippen LogP contribution >= 0.6 is 0 Å². The second kappa shape index (κ2) is 32.5. The van der Waals surface area contributed by atoms with E-state index < -0.39 is 17.9 Å². The van der Waals surface area contributed by atoms with Crippen LogP contribution < -0.4 is 0 Å². The molecule has 0 saturated carbocycles. The molecule has 0 aromatic heterocycles. The first-order valence-corrected chi connectivity index (χ1v) is 14.5. The van der Waals surface area contributed by atoms with E-state index in [1.165, 1.54) is 5.56 Å². The molecule has 0 radical (unpaired) electrons. The Balaban J connectivity index is -0.000000517. The van der Waals surface area contributed by atoms with Crippen LogP contribution in [0.2, 0.25) is 0 Å². The van der Waals surface area contributed by atoms with Crippen molar-refractivity contribution < 1.29 is 43.2 Å². The van der Waals surface area contributed by atoms with E-state index in [-0.39, 0.29) is 19.2 Å². The zero-order valence-electron chi connectivity index (χ0n) is 26.7. The van der Waals surface area contributed by atoms with Gasteiger partial charge in [0, 0.05) is 23.3 Å². The monoisotopic (exact) mass is 604 g/mol. The van der Waals surface area contributed by atoms with E-state index >= 15 is 0 Å².